The number of amides is 2. The van der Waals surface area contributed by atoms with Crippen molar-refractivity contribution < 1.29 is 9.59 Å². The maximum atomic E-state index is 12.3. The Morgan fingerprint density at radius 3 is 2.62 bits per heavy atom. The van der Waals surface area contributed by atoms with Crippen LogP contribution in [-0.2, 0) is 9.59 Å². The first-order valence-electron chi connectivity index (χ1n) is 6.68. The number of halogens is 2. The van der Waals surface area contributed by atoms with Crippen molar-refractivity contribution in [3.8, 4) is 0 Å². The average molecular weight is 463 g/mol. The summed E-state index contributed by atoms with van der Waals surface area (Å²) in [7, 11) is 0. The fraction of sp³-hybridized carbons (Fsp3) is 0.333. The molecule has 6 heteroatoms. The normalized spacial score (nSPS) is 15.6. The lowest BCUT2D eigenvalue weighted by Gasteiger charge is -2.30. The minimum atomic E-state index is -0.0590. The number of carbonyl (C=O) groups excluding carboxylic acids is 2. The third-order valence-corrected chi connectivity index (χ3v) is 5.86. The number of benzene rings is 1. The molecule has 1 aromatic rings. The lowest BCUT2D eigenvalue weighted by Crippen LogP contribution is -2.40. The largest absolute Gasteiger partial charge is 0.339 e. The van der Waals surface area contributed by atoms with Gasteiger partial charge in [0, 0.05) is 32.7 Å². The second kappa shape index (κ2) is 7.40. The molecule has 1 aliphatic heterocycles. The first kappa shape index (κ1) is 16.5. The van der Waals surface area contributed by atoms with E-state index in [0.717, 1.165) is 13.7 Å². The van der Waals surface area contributed by atoms with Crippen LogP contribution in [0.1, 0.15) is 12.8 Å². The van der Waals surface area contributed by atoms with E-state index in [1.165, 1.54) is 6.08 Å². The van der Waals surface area contributed by atoms with Crippen molar-refractivity contribution in [3.63, 3.8) is 0 Å². The highest BCUT2D eigenvalue weighted by Crippen LogP contribution is 2.24. The van der Waals surface area contributed by atoms with Gasteiger partial charge in [-0.2, -0.15) is 0 Å². The highest BCUT2D eigenvalue weighted by Gasteiger charge is 2.26. The SMILES string of the molecule is C=CC(=O)N1CCC(C(=O)Nc2ccc(Br)c(I)c2)CC1. The summed E-state index contributed by atoms with van der Waals surface area (Å²) in [5, 5.41) is 2.95. The Kier molecular flexibility index (Phi) is 5.80. The third kappa shape index (κ3) is 4.29. The minimum Gasteiger partial charge on any atom is -0.339 e. The zero-order chi connectivity index (χ0) is 15.4. The van der Waals surface area contributed by atoms with Gasteiger partial charge in [-0.3, -0.25) is 9.59 Å². The number of nitrogens with one attached hydrogen (secondary N) is 1. The van der Waals surface area contributed by atoms with Crippen molar-refractivity contribution in [2.75, 3.05) is 18.4 Å². The highest BCUT2D eigenvalue weighted by molar-refractivity contribution is 14.1. The molecule has 0 aliphatic carbocycles. The molecule has 1 aliphatic rings. The van der Waals surface area contributed by atoms with Gasteiger partial charge in [0.15, 0.2) is 0 Å². The van der Waals surface area contributed by atoms with E-state index >= 15 is 0 Å². The van der Waals surface area contributed by atoms with Crippen LogP contribution in [0.2, 0.25) is 0 Å². The highest BCUT2D eigenvalue weighted by atomic mass is 127. The molecule has 1 aromatic carbocycles. The smallest absolute Gasteiger partial charge is 0.245 e. The summed E-state index contributed by atoms with van der Waals surface area (Å²) in [5.41, 5.74) is 0.803. The summed E-state index contributed by atoms with van der Waals surface area (Å²) in [6.07, 6.45) is 2.71. The fourth-order valence-corrected chi connectivity index (χ4v) is 3.07. The maximum Gasteiger partial charge on any atom is 0.245 e. The van der Waals surface area contributed by atoms with Crippen LogP contribution in [0.25, 0.3) is 0 Å². The van der Waals surface area contributed by atoms with Gasteiger partial charge in [0.25, 0.3) is 0 Å². The van der Waals surface area contributed by atoms with E-state index in [1.807, 2.05) is 18.2 Å². The average Bonchev–Trinajstić information content (AvgIpc) is 2.50. The van der Waals surface area contributed by atoms with Gasteiger partial charge in [0.2, 0.25) is 11.8 Å². The van der Waals surface area contributed by atoms with E-state index in [-0.39, 0.29) is 17.7 Å². The molecule has 0 unspecified atom stereocenters. The predicted molar refractivity (Wildman–Crippen MR) is 95.0 cm³/mol. The Labute approximate surface area is 146 Å². The monoisotopic (exact) mass is 462 g/mol. The van der Waals surface area contributed by atoms with E-state index < -0.39 is 0 Å². The lowest BCUT2D eigenvalue weighted by atomic mass is 9.95. The molecule has 1 saturated heterocycles. The Morgan fingerprint density at radius 2 is 2.05 bits per heavy atom. The molecule has 4 nitrogen and oxygen atoms in total. The molecule has 0 spiro atoms. The Hall–Kier alpha value is -0.890. The van der Waals surface area contributed by atoms with Crippen molar-refractivity contribution in [2.24, 2.45) is 5.92 Å². The van der Waals surface area contributed by atoms with E-state index in [2.05, 4.69) is 50.4 Å². The number of nitrogens with zero attached hydrogens (tertiary/aromatic N) is 1. The number of rotatable bonds is 3. The quantitative estimate of drug-likeness (QED) is 0.552. The van der Waals surface area contributed by atoms with Gasteiger partial charge >= 0.3 is 0 Å². The second-order valence-corrected chi connectivity index (χ2v) is 6.94. The Balaban J connectivity index is 1.91. The molecule has 1 fully saturated rings. The van der Waals surface area contributed by atoms with E-state index in [4.69, 9.17) is 0 Å². The van der Waals surface area contributed by atoms with E-state index in [0.29, 0.717) is 25.9 Å². The number of hydrogen-bond donors (Lipinski definition) is 1. The first-order chi connectivity index (χ1) is 10.0. The number of likely N-dealkylation sites (tertiary alicyclic amines) is 1. The number of piperidine rings is 1. The van der Waals surface area contributed by atoms with Gasteiger partial charge in [0.1, 0.15) is 0 Å². The minimum absolute atomic E-state index is 0.0267. The first-order valence-corrected chi connectivity index (χ1v) is 8.55. The molecular formula is C15H16BrIN2O2. The molecule has 2 rings (SSSR count). The van der Waals surface area contributed by atoms with Crippen molar-refractivity contribution >= 4 is 56.0 Å². The molecular weight excluding hydrogens is 447 g/mol. The van der Waals surface area contributed by atoms with Crippen molar-refractivity contribution in [1.82, 2.24) is 4.90 Å². The van der Waals surface area contributed by atoms with Gasteiger partial charge in [0.05, 0.1) is 0 Å². The summed E-state index contributed by atoms with van der Waals surface area (Å²) >= 11 is 5.65. The van der Waals surface area contributed by atoms with Crippen molar-refractivity contribution in [2.45, 2.75) is 12.8 Å². The predicted octanol–water partition coefficient (Wildman–Crippen LogP) is 3.42. The molecule has 1 N–H and O–H groups in total. The fourth-order valence-electron chi connectivity index (χ4n) is 2.31. The Bertz CT molecular complexity index is 569. The molecule has 112 valence electrons. The van der Waals surface area contributed by atoms with Crippen molar-refractivity contribution in [1.29, 1.82) is 0 Å². The molecule has 1 heterocycles. The molecule has 0 radical (unpaired) electrons. The second-order valence-electron chi connectivity index (χ2n) is 4.92. The summed E-state index contributed by atoms with van der Waals surface area (Å²) in [6, 6.07) is 5.72. The van der Waals surface area contributed by atoms with Gasteiger partial charge in [-0.15, -0.1) is 0 Å². The number of hydrogen-bond acceptors (Lipinski definition) is 2. The molecule has 0 atom stereocenters. The van der Waals surface area contributed by atoms with E-state index in [9.17, 15) is 9.59 Å². The van der Waals surface area contributed by atoms with Gasteiger partial charge in [-0.1, -0.05) is 6.58 Å². The number of carbonyl (C=O) groups is 2. The van der Waals surface area contributed by atoms with Crippen LogP contribution < -0.4 is 5.32 Å². The topological polar surface area (TPSA) is 49.4 Å². The van der Waals surface area contributed by atoms with Crippen LogP contribution in [-0.4, -0.2) is 29.8 Å². The van der Waals surface area contributed by atoms with Crippen LogP contribution in [0.15, 0.2) is 35.3 Å². The van der Waals surface area contributed by atoms with Crippen LogP contribution in [0, 0.1) is 9.49 Å². The standard InChI is InChI=1S/C15H16BrIN2O2/c1-2-14(20)19-7-5-10(6-8-19)15(21)18-11-3-4-12(16)13(17)9-11/h2-4,9-10H,1,5-8H2,(H,18,21). The van der Waals surface area contributed by atoms with Crippen LogP contribution in [0.5, 0.6) is 0 Å². The third-order valence-electron chi connectivity index (χ3n) is 3.54. The molecule has 21 heavy (non-hydrogen) atoms. The van der Waals surface area contributed by atoms with Gasteiger partial charge < -0.3 is 10.2 Å². The zero-order valence-corrected chi connectivity index (χ0v) is 15.2. The molecule has 2 amide bonds. The molecule has 0 bridgehead atoms. The summed E-state index contributed by atoms with van der Waals surface area (Å²) in [4.78, 5) is 25.5. The van der Waals surface area contributed by atoms with Gasteiger partial charge in [-0.05, 0) is 75.6 Å². The van der Waals surface area contributed by atoms with Crippen LogP contribution >= 0.6 is 38.5 Å². The summed E-state index contributed by atoms with van der Waals surface area (Å²) in [6.45, 7) is 4.71. The Morgan fingerprint density at radius 1 is 1.38 bits per heavy atom. The number of anilines is 1. The zero-order valence-electron chi connectivity index (χ0n) is 11.4. The van der Waals surface area contributed by atoms with Crippen LogP contribution in [0.3, 0.4) is 0 Å². The molecule has 0 aromatic heterocycles. The van der Waals surface area contributed by atoms with E-state index in [1.54, 1.807) is 4.90 Å². The van der Waals surface area contributed by atoms with Crippen molar-refractivity contribution in [3.05, 3.63) is 38.9 Å². The maximum absolute atomic E-state index is 12.3. The summed E-state index contributed by atoms with van der Waals surface area (Å²) < 4.78 is 2.06. The van der Waals surface area contributed by atoms with Gasteiger partial charge in [-0.25, -0.2) is 0 Å². The summed E-state index contributed by atoms with van der Waals surface area (Å²) in [5.74, 6) is -0.0738. The van der Waals surface area contributed by atoms with Crippen LogP contribution in [0.4, 0.5) is 5.69 Å². The molecule has 0 saturated carbocycles. The lowest BCUT2D eigenvalue weighted by molar-refractivity contribution is -0.130.